The van der Waals surface area contributed by atoms with E-state index in [1.807, 2.05) is 48.5 Å². The molecule has 0 unspecified atom stereocenters. The number of aromatic carboxylic acids is 1. The number of aromatic nitrogens is 1. The van der Waals surface area contributed by atoms with Crippen molar-refractivity contribution in [2.75, 3.05) is 0 Å². The van der Waals surface area contributed by atoms with Crippen LogP contribution in [0.15, 0.2) is 53.9 Å². The quantitative estimate of drug-likeness (QED) is 0.725. The van der Waals surface area contributed by atoms with E-state index in [0.717, 1.165) is 11.1 Å². The van der Waals surface area contributed by atoms with Gasteiger partial charge in [-0.15, -0.1) is 11.3 Å². The van der Waals surface area contributed by atoms with Gasteiger partial charge in [0, 0.05) is 10.4 Å². The van der Waals surface area contributed by atoms with Crippen LogP contribution >= 0.6 is 22.9 Å². The zero-order valence-electron chi connectivity index (χ0n) is 11.9. The van der Waals surface area contributed by atoms with Gasteiger partial charge in [0.05, 0.1) is 5.56 Å². The lowest BCUT2D eigenvalue weighted by atomic mass is 10.2. The third-order valence-electron chi connectivity index (χ3n) is 3.12. The van der Waals surface area contributed by atoms with E-state index in [9.17, 15) is 4.79 Å². The second-order valence-electron chi connectivity index (χ2n) is 4.76. The normalized spacial score (nSPS) is 10.5. The van der Waals surface area contributed by atoms with Gasteiger partial charge < -0.3 is 9.84 Å². The highest BCUT2D eigenvalue weighted by Crippen LogP contribution is 2.32. The standard InChI is InChI=1S/C17H12ClNO3S/c18-12-5-3-4-11(8-12)9-22-15-7-2-1-6-13(15)16-19-14(10-23-16)17(20)21/h1-8,10H,9H2,(H,20,21). The van der Waals surface area contributed by atoms with Crippen molar-refractivity contribution in [1.29, 1.82) is 0 Å². The zero-order valence-corrected chi connectivity index (χ0v) is 13.5. The van der Waals surface area contributed by atoms with Crippen molar-refractivity contribution in [3.05, 3.63) is 70.2 Å². The van der Waals surface area contributed by atoms with Crippen LogP contribution < -0.4 is 4.74 Å². The molecule has 1 aromatic heterocycles. The summed E-state index contributed by atoms with van der Waals surface area (Å²) in [6.07, 6.45) is 0. The van der Waals surface area contributed by atoms with E-state index in [0.29, 0.717) is 22.4 Å². The minimum absolute atomic E-state index is 0.0367. The molecule has 116 valence electrons. The maximum absolute atomic E-state index is 11.0. The predicted molar refractivity (Wildman–Crippen MR) is 90.3 cm³/mol. The Kier molecular flexibility index (Phi) is 4.60. The number of carbonyl (C=O) groups is 1. The summed E-state index contributed by atoms with van der Waals surface area (Å²) in [6, 6.07) is 14.9. The molecule has 0 aliphatic heterocycles. The Morgan fingerprint density at radius 2 is 2.04 bits per heavy atom. The van der Waals surface area contributed by atoms with Gasteiger partial charge in [0.2, 0.25) is 0 Å². The van der Waals surface area contributed by atoms with Crippen LogP contribution in [-0.2, 0) is 6.61 Å². The molecule has 0 atom stereocenters. The molecule has 2 aromatic carbocycles. The Morgan fingerprint density at radius 1 is 1.22 bits per heavy atom. The van der Waals surface area contributed by atoms with Gasteiger partial charge in [0.25, 0.3) is 0 Å². The first-order chi connectivity index (χ1) is 11.1. The lowest BCUT2D eigenvalue weighted by Gasteiger charge is -2.10. The van der Waals surface area contributed by atoms with Crippen LogP contribution in [0.2, 0.25) is 5.02 Å². The lowest BCUT2D eigenvalue weighted by Crippen LogP contribution is -1.98. The highest BCUT2D eigenvalue weighted by molar-refractivity contribution is 7.13. The zero-order chi connectivity index (χ0) is 16.2. The summed E-state index contributed by atoms with van der Waals surface area (Å²) in [7, 11) is 0. The molecule has 3 rings (SSSR count). The SMILES string of the molecule is O=C(O)c1csc(-c2ccccc2OCc2cccc(Cl)c2)n1. The van der Waals surface area contributed by atoms with E-state index in [-0.39, 0.29) is 5.69 Å². The smallest absolute Gasteiger partial charge is 0.355 e. The van der Waals surface area contributed by atoms with Crippen molar-refractivity contribution < 1.29 is 14.6 Å². The van der Waals surface area contributed by atoms with Gasteiger partial charge in [-0.05, 0) is 29.8 Å². The lowest BCUT2D eigenvalue weighted by molar-refractivity contribution is 0.0691. The summed E-state index contributed by atoms with van der Waals surface area (Å²) in [5.41, 5.74) is 1.76. The van der Waals surface area contributed by atoms with Crippen LogP contribution in [-0.4, -0.2) is 16.1 Å². The topological polar surface area (TPSA) is 59.4 Å². The van der Waals surface area contributed by atoms with Gasteiger partial charge in [-0.1, -0.05) is 35.9 Å². The first-order valence-corrected chi connectivity index (χ1v) is 8.05. The molecule has 1 N–H and O–H groups in total. The van der Waals surface area contributed by atoms with E-state index < -0.39 is 5.97 Å². The molecule has 0 aliphatic rings. The Balaban J connectivity index is 1.84. The molecule has 0 radical (unpaired) electrons. The number of benzene rings is 2. The number of halogens is 1. The molecule has 0 amide bonds. The Labute approximate surface area is 142 Å². The molecule has 4 nitrogen and oxygen atoms in total. The van der Waals surface area contributed by atoms with Crippen LogP contribution in [0.3, 0.4) is 0 Å². The van der Waals surface area contributed by atoms with E-state index in [1.165, 1.54) is 16.7 Å². The molecule has 6 heteroatoms. The number of hydrogen-bond acceptors (Lipinski definition) is 4. The second kappa shape index (κ2) is 6.81. The Morgan fingerprint density at radius 3 is 2.78 bits per heavy atom. The summed E-state index contributed by atoms with van der Waals surface area (Å²) in [5.74, 6) is -0.386. The molecular weight excluding hydrogens is 334 g/mol. The van der Waals surface area contributed by atoms with Gasteiger partial charge in [-0.25, -0.2) is 9.78 Å². The average Bonchev–Trinajstić information content (AvgIpc) is 3.03. The van der Waals surface area contributed by atoms with Crippen molar-refractivity contribution in [2.45, 2.75) is 6.61 Å². The number of para-hydroxylation sites is 1. The summed E-state index contributed by atoms with van der Waals surface area (Å²) in [4.78, 5) is 15.1. The first-order valence-electron chi connectivity index (χ1n) is 6.79. The maximum atomic E-state index is 11.0. The molecule has 0 saturated heterocycles. The number of ether oxygens (including phenoxy) is 1. The fourth-order valence-corrected chi connectivity index (χ4v) is 3.09. The largest absolute Gasteiger partial charge is 0.488 e. The van der Waals surface area contributed by atoms with Gasteiger partial charge in [0.1, 0.15) is 17.4 Å². The van der Waals surface area contributed by atoms with Gasteiger partial charge in [0.15, 0.2) is 5.69 Å². The molecule has 0 bridgehead atoms. The minimum Gasteiger partial charge on any atom is -0.488 e. The molecule has 0 fully saturated rings. The first kappa shape index (κ1) is 15.5. The Bertz CT molecular complexity index is 847. The predicted octanol–water partition coefficient (Wildman–Crippen LogP) is 4.74. The summed E-state index contributed by atoms with van der Waals surface area (Å²) >= 11 is 7.24. The van der Waals surface area contributed by atoms with Gasteiger partial charge in [-0.3, -0.25) is 0 Å². The van der Waals surface area contributed by atoms with Crippen molar-refractivity contribution in [3.8, 4) is 16.3 Å². The van der Waals surface area contributed by atoms with Crippen molar-refractivity contribution >= 4 is 28.9 Å². The van der Waals surface area contributed by atoms with Crippen LogP contribution in [0.5, 0.6) is 5.75 Å². The van der Waals surface area contributed by atoms with Crippen LogP contribution in [0.4, 0.5) is 0 Å². The number of thiazole rings is 1. The minimum atomic E-state index is -1.04. The highest BCUT2D eigenvalue weighted by Gasteiger charge is 2.13. The highest BCUT2D eigenvalue weighted by atomic mass is 35.5. The summed E-state index contributed by atoms with van der Waals surface area (Å²) in [6.45, 7) is 0.370. The molecular formula is C17H12ClNO3S. The number of rotatable bonds is 5. The molecule has 23 heavy (non-hydrogen) atoms. The fourth-order valence-electron chi connectivity index (χ4n) is 2.05. The third kappa shape index (κ3) is 3.70. The van der Waals surface area contributed by atoms with Crippen molar-refractivity contribution in [3.63, 3.8) is 0 Å². The van der Waals surface area contributed by atoms with E-state index in [1.54, 1.807) is 0 Å². The van der Waals surface area contributed by atoms with E-state index >= 15 is 0 Å². The monoisotopic (exact) mass is 345 g/mol. The van der Waals surface area contributed by atoms with E-state index in [4.69, 9.17) is 21.4 Å². The number of carboxylic acids is 1. The molecule has 1 heterocycles. The molecule has 0 spiro atoms. The molecule has 0 saturated carbocycles. The number of hydrogen-bond donors (Lipinski definition) is 1. The van der Waals surface area contributed by atoms with Gasteiger partial charge in [-0.2, -0.15) is 0 Å². The maximum Gasteiger partial charge on any atom is 0.355 e. The summed E-state index contributed by atoms with van der Waals surface area (Å²) in [5, 5.41) is 11.8. The van der Waals surface area contributed by atoms with Crippen LogP contribution in [0.25, 0.3) is 10.6 Å². The average molecular weight is 346 g/mol. The molecule has 0 aliphatic carbocycles. The third-order valence-corrected chi connectivity index (χ3v) is 4.23. The Hall–Kier alpha value is -2.37. The number of nitrogens with zero attached hydrogens (tertiary/aromatic N) is 1. The summed E-state index contributed by atoms with van der Waals surface area (Å²) < 4.78 is 5.86. The molecule has 3 aromatic rings. The fraction of sp³-hybridized carbons (Fsp3) is 0.0588. The van der Waals surface area contributed by atoms with Crippen LogP contribution in [0.1, 0.15) is 16.1 Å². The van der Waals surface area contributed by atoms with Crippen molar-refractivity contribution in [2.24, 2.45) is 0 Å². The van der Waals surface area contributed by atoms with E-state index in [2.05, 4.69) is 4.98 Å². The number of carboxylic acid groups (broad SMARTS) is 1. The second-order valence-corrected chi connectivity index (χ2v) is 6.05. The van der Waals surface area contributed by atoms with Crippen LogP contribution in [0, 0.1) is 0 Å². The van der Waals surface area contributed by atoms with Crippen molar-refractivity contribution in [1.82, 2.24) is 4.98 Å². The van der Waals surface area contributed by atoms with Gasteiger partial charge >= 0.3 is 5.97 Å².